The zero-order valence-electron chi connectivity index (χ0n) is 12.4. The number of anilines is 2. The van der Waals surface area contributed by atoms with Crippen molar-refractivity contribution in [3.63, 3.8) is 0 Å². The van der Waals surface area contributed by atoms with Gasteiger partial charge in [-0.1, -0.05) is 30.3 Å². The number of nitrogens with one attached hydrogen (secondary N) is 3. The van der Waals surface area contributed by atoms with Gasteiger partial charge in [0.15, 0.2) is 0 Å². The molecule has 0 unspecified atom stereocenters. The van der Waals surface area contributed by atoms with Gasteiger partial charge in [0.25, 0.3) is 0 Å². The summed E-state index contributed by atoms with van der Waals surface area (Å²) in [6.45, 7) is 0.848. The Labute approximate surface area is 130 Å². The third-order valence-corrected chi connectivity index (χ3v) is 3.50. The van der Waals surface area contributed by atoms with Crippen molar-refractivity contribution in [2.24, 2.45) is 0 Å². The van der Waals surface area contributed by atoms with Gasteiger partial charge in [-0.3, -0.25) is 5.32 Å². The molecule has 1 aliphatic carbocycles. The van der Waals surface area contributed by atoms with Crippen LogP contribution in [0.1, 0.15) is 18.4 Å². The molecule has 2 amide bonds. The Morgan fingerprint density at radius 2 is 1.95 bits per heavy atom. The van der Waals surface area contributed by atoms with Crippen LogP contribution in [0.3, 0.4) is 0 Å². The fourth-order valence-corrected chi connectivity index (χ4v) is 2.13. The highest BCUT2D eigenvalue weighted by Gasteiger charge is 2.23. The fourth-order valence-electron chi connectivity index (χ4n) is 2.13. The van der Waals surface area contributed by atoms with Crippen molar-refractivity contribution >= 4 is 17.5 Å². The lowest BCUT2D eigenvalue weighted by Gasteiger charge is -2.08. The van der Waals surface area contributed by atoms with E-state index in [9.17, 15) is 4.79 Å². The van der Waals surface area contributed by atoms with E-state index in [2.05, 4.69) is 33.1 Å². The summed E-state index contributed by atoms with van der Waals surface area (Å²) in [4.78, 5) is 15.8. The SMILES string of the molecule is O=C(Nc1ccc(NCCc2ccccc2)cn1)NC1CC1. The maximum atomic E-state index is 11.6. The summed E-state index contributed by atoms with van der Waals surface area (Å²) in [5.74, 6) is 0.562. The van der Waals surface area contributed by atoms with Crippen molar-refractivity contribution in [3.8, 4) is 0 Å². The number of benzene rings is 1. The molecule has 5 heteroatoms. The fraction of sp³-hybridized carbons (Fsp3) is 0.294. The van der Waals surface area contributed by atoms with Gasteiger partial charge in [-0.05, 0) is 37.0 Å². The second-order valence-corrected chi connectivity index (χ2v) is 5.47. The molecule has 22 heavy (non-hydrogen) atoms. The highest BCUT2D eigenvalue weighted by Crippen LogP contribution is 2.18. The predicted octanol–water partition coefficient (Wildman–Crippen LogP) is 3.02. The number of carbonyl (C=O) groups is 1. The van der Waals surface area contributed by atoms with Gasteiger partial charge in [-0.2, -0.15) is 0 Å². The quantitative estimate of drug-likeness (QED) is 0.767. The monoisotopic (exact) mass is 296 g/mol. The molecule has 0 bridgehead atoms. The normalized spacial score (nSPS) is 13.5. The van der Waals surface area contributed by atoms with Gasteiger partial charge in [0, 0.05) is 12.6 Å². The molecule has 0 radical (unpaired) electrons. The maximum Gasteiger partial charge on any atom is 0.320 e. The molecule has 0 spiro atoms. The summed E-state index contributed by atoms with van der Waals surface area (Å²) in [7, 11) is 0. The van der Waals surface area contributed by atoms with E-state index in [1.165, 1.54) is 5.56 Å². The van der Waals surface area contributed by atoms with Crippen LogP contribution in [-0.4, -0.2) is 23.6 Å². The Kier molecular flexibility index (Phi) is 4.53. The second kappa shape index (κ2) is 6.93. The van der Waals surface area contributed by atoms with Gasteiger partial charge in [-0.25, -0.2) is 9.78 Å². The van der Waals surface area contributed by atoms with Crippen molar-refractivity contribution < 1.29 is 4.79 Å². The highest BCUT2D eigenvalue weighted by atomic mass is 16.2. The van der Waals surface area contributed by atoms with E-state index in [-0.39, 0.29) is 6.03 Å². The van der Waals surface area contributed by atoms with E-state index in [1.807, 2.05) is 24.3 Å². The summed E-state index contributed by atoms with van der Waals surface area (Å²) in [5.41, 5.74) is 2.25. The van der Waals surface area contributed by atoms with Gasteiger partial charge in [-0.15, -0.1) is 0 Å². The van der Waals surface area contributed by atoms with Crippen LogP contribution in [0.15, 0.2) is 48.7 Å². The summed E-state index contributed by atoms with van der Waals surface area (Å²) in [6.07, 6.45) is 4.85. The number of urea groups is 1. The summed E-state index contributed by atoms with van der Waals surface area (Å²) < 4.78 is 0. The minimum absolute atomic E-state index is 0.181. The van der Waals surface area contributed by atoms with Gasteiger partial charge in [0.1, 0.15) is 5.82 Å². The molecular weight excluding hydrogens is 276 g/mol. The lowest BCUT2D eigenvalue weighted by molar-refractivity contribution is 0.251. The van der Waals surface area contributed by atoms with E-state index in [0.29, 0.717) is 11.9 Å². The minimum Gasteiger partial charge on any atom is -0.383 e. The molecule has 0 aliphatic heterocycles. The summed E-state index contributed by atoms with van der Waals surface area (Å²) in [6, 6.07) is 14.2. The molecule has 0 atom stereocenters. The van der Waals surface area contributed by atoms with Crippen molar-refractivity contribution in [2.45, 2.75) is 25.3 Å². The summed E-state index contributed by atoms with van der Waals surface area (Å²) in [5, 5.41) is 8.92. The maximum absolute atomic E-state index is 11.6. The molecular formula is C17H20N4O. The van der Waals surface area contributed by atoms with Crippen molar-refractivity contribution in [1.82, 2.24) is 10.3 Å². The van der Waals surface area contributed by atoms with Crippen LogP contribution in [-0.2, 0) is 6.42 Å². The van der Waals surface area contributed by atoms with Crippen LogP contribution in [0.2, 0.25) is 0 Å². The molecule has 1 fully saturated rings. The van der Waals surface area contributed by atoms with E-state index in [1.54, 1.807) is 12.3 Å². The largest absolute Gasteiger partial charge is 0.383 e. The topological polar surface area (TPSA) is 66.0 Å². The zero-order valence-corrected chi connectivity index (χ0v) is 12.4. The first-order valence-electron chi connectivity index (χ1n) is 7.61. The zero-order chi connectivity index (χ0) is 15.2. The number of hydrogen-bond acceptors (Lipinski definition) is 3. The van der Waals surface area contributed by atoms with Gasteiger partial charge >= 0.3 is 6.03 Å². The first-order chi connectivity index (χ1) is 10.8. The first kappa shape index (κ1) is 14.4. The van der Waals surface area contributed by atoms with E-state index in [0.717, 1.165) is 31.5 Å². The molecule has 114 valence electrons. The number of pyridine rings is 1. The van der Waals surface area contributed by atoms with Crippen molar-refractivity contribution in [1.29, 1.82) is 0 Å². The molecule has 1 heterocycles. The Bertz CT molecular complexity index is 608. The molecule has 3 rings (SSSR count). The average molecular weight is 296 g/mol. The van der Waals surface area contributed by atoms with Crippen molar-refractivity contribution in [2.75, 3.05) is 17.2 Å². The van der Waals surface area contributed by atoms with E-state index in [4.69, 9.17) is 0 Å². The predicted molar refractivity (Wildman–Crippen MR) is 88.0 cm³/mol. The third-order valence-electron chi connectivity index (χ3n) is 3.50. The smallest absolute Gasteiger partial charge is 0.320 e. The van der Waals surface area contributed by atoms with Crippen LogP contribution >= 0.6 is 0 Å². The van der Waals surface area contributed by atoms with Gasteiger partial charge in [0.05, 0.1) is 11.9 Å². The number of aromatic nitrogens is 1. The summed E-state index contributed by atoms with van der Waals surface area (Å²) >= 11 is 0. The Balaban J connectivity index is 1.43. The van der Waals surface area contributed by atoms with E-state index < -0.39 is 0 Å². The Hall–Kier alpha value is -2.56. The number of carbonyl (C=O) groups excluding carboxylic acids is 1. The second-order valence-electron chi connectivity index (χ2n) is 5.47. The van der Waals surface area contributed by atoms with Gasteiger partial charge in [0.2, 0.25) is 0 Å². The number of nitrogens with zero attached hydrogens (tertiary/aromatic N) is 1. The van der Waals surface area contributed by atoms with Crippen LogP contribution in [0, 0.1) is 0 Å². The van der Waals surface area contributed by atoms with Crippen molar-refractivity contribution in [3.05, 3.63) is 54.2 Å². The molecule has 3 N–H and O–H groups in total. The van der Waals surface area contributed by atoms with Crippen LogP contribution in [0.25, 0.3) is 0 Å². The standard InChI is InChI=1S/C17H20N4O/c22-17(20-14-6-7-14)21-16-9-8-15(12-19-16)18-11-10-13-4-2-1-3-5-13/h1-5,8-9,12,14,18H,6-7,10-11H2,(H2,19,20,21,22). The Morgan fingerprint density at radius 3 is 2.64 bits per heavy atom. The highest BCUT2D eigenvalue weighted by molar-refractivity contribution is 5.88. The van der Waals surface area contributed by atoms with Gasteiger partial charge < -0.3 is 10.6 Å². The van der Waals surface area contributed by atoms with E-state index >= 15 is 0 Å². The van der Waals surface area contributed by atoms with Crippen LogP contribution in [0.5, 0.6) is 0 Å². The number of hydrogen-bond donors (Lipinski definition) is 3. The third kappa shape index (κ3) is 4.48. The molecule has 0 saturated heterocycles. The van der Waals surface area contributed by atoms with Crippen LogP contribution in [0.4, 0.5) is 16.3 Å². The molecule has 1 aromatic heterocycles. The molecule has 5 nitrogen and oxygen atoms in total. The van der Waals surface area contributed by atoms with Crippen LogP contribution < -0.4 is 16.0 Å². The number of amides is 2. The average Bonchev–Trinajstić information content (AvgIpc) is 3.34. The Morgan fingerprint density at radius 1 is 1.14 bits per heavy atom. The molecule has 1 saturated carbocycles. The molecule has 1 aromatic carbocycles. The molecule has 1 aliphatic rings. The lowest BCUT2D eigenvalue weighted by Crippen LogP contribution is -2.30. The molecule has 2 aromatic rings. The lowest BCUT2D eigenvalue weighted by atomic mass is 10.1. The minimum atomic E-state index is -0.181. The first-order valence-corrected chi connectivity index (χ1v) is 7.61. The number of rotatable bonds is 6.